The van der Waals surface area contributed by atoms with Gasteiger partial charge in [0.05, 0.1) is 19.8 Å². The van der Waals surface area contributed by atoms with Crippen molar-refractivity contribution in [3.63, 3.8) is 0 Å². The van der Waals surface area contributed by atoms with E-state index >= 15 is 0 Å². The molecule has 2 rings (SSSR count). The normalized spacial score (nSPS) is 18.8. The fourth-order valence-corrected chi connectivity index (χ4v) is 1.73. The molecule has 0 bridgehead atoms. The van der Waals surface area contributed by atoms with E-state index in [1.807, 2.05) is 0 Å². The predicted molar refractivity (Wildman–Crippen MR) is 65.4 cm³/mol. The SMILES string of the molecule is CC1(COc2cccc(C(N)C(=O)O)c2)COC1. The number of carbonyl (C=O) groups is 1. The van der Waals surface area contributed by atoms with Crippen molar-refractivity contribution < 1.29 is 19.4 Å². The van der Waals surface area contributed by atoms with Crippen molar-refractivity contribution in [2.75, 3.05) is 19.8 Å². The van der Waals surface area contributed by atoms with Crippen LogP contribution in [-0.4, -0.2) is 30.9 Å². The van der Waals surface area contributed by atoms with Crippen LogP contribution in [0.2, 0.25) is 0 Å². The standard InChI is InChI=1S/C13H17NO4/c1-13(6-17-7-13)8-18-10-4-2-3-9(5-10)11(14)12(15)16/h2-5,11H,6-8,14H2,1H3,(H,15,16). The Labute approximate surface area is 106 Å². The van der Waals surface area contributed by atoms with E-state index in [4.69, 9.17) is 20.3 Å². The predicted octanol–water partition coefficient (Wildman–Crippen LogP) is 1.19. The van der Waals surface area contributed by atoms with E-state index < -0.39 is 12.0 Å². The third-order valence-corrected chi connectivity index (χ3v) is 2.97. The second-order valence-electron chi connectivity index (χ2n) is 4.98. The van der Waals surface area contributed by atoms with Gasteiger partial charge in [-0.1, -0.05) is 19.1 Å². The highest BCUT2D eigenvalue weighted by Crippen LogP contribution is 2.28. The zero-order chi connectivity index (χ0) is 13.2. The highest BCUT2D eigenvalue weighted by atomic mass is 16.5. The van der Waals surface area contributed by atoms with Gasteiger partial charge in [0.25, 0.3) is 0 Å². The van der Waals surface area contributed by atoms with Crippen LogP contribution in [-0.2, 0) is 9.53 Å². The third-order valence-electron chi connectivity index (χ3n) is 2.97. The van der Waals surface area contributed by atoms with Crippen molar-refractivity contribution in [1.82, 2.24) is 0 Å². The Hall–Kier alpha value is -1.59. The number of carboxylic acids is 1. The smallest absolute Gasteiger partial charge is 0.325 e. The quantitative estimate of drug-likeness (QED) is 0.821. The minimum Gasteiger partial charge on any atom is -0.493 e. The first kappa shape index (κ1) is 12.9. The molecule has 98 valence electrons. The number of hydrogen-bond acceptors (Lipinski definition) is 4. The van der Waals surface area contributed by atoms with Gasteiger partial charge in [-0.15, -0.1) is 0 Å². The molecule has 1 atom stereocenters. The number of ether oxygens (including phenoxy) is 2. The van der Waals surface area contributed by atoms with Crippen LogP contribution in [0.3, 0.4) is 0 Å². The first-order chi connectivity index (χ1) is 8.50. The molecule has 1 unspecified atom stereocenters. The average molecular weight is 251 g/mol. The molecular formula is C13H17NO4. The monoisotopic (exact) mass is 251 g/mol. The largest absolute Gasteiger partial charge is 0.493 e. The summed E-state index contributed by atoms with van der Waals surface area (Å²) < 4.78 is 10.8. The van der Waals surface area contributed by atoms with E-state index in [-0.39, 0.29) is 5.41 Å². The van der Waals surface area contributed by atoms with Crippen LogP contribution in [0.25, 0.3) is 0 Å². The van der Waals surface area contributed by atoms with Crippen LogP contribution in [0.1, 0.15) is 18.5 Å². The zero-order valence-corrected chi connectivity index (χ0v) is 10.3. The summed E-state index contributed by atoms with van der Waals surface area (Å²) in [6.07, 6.45) is 0. The highest BCUT2D eigenvalue weighted by Gasteiger charge is 2.34. The molecule has 1 aromatic rings. The lowest BCUT2D eigenvalue weighted by molar-refractivity contribution is -0.138. The van der Waals surface area contributed by atoms with Gasteiger partial charge in [-0.25, -0.2) is 0 Å². The molecule has 5 heteroatoms. The van der Waals surface area contributed by atoms with E-state index in [9.17, 15) is 4.79 Å². The van der Waals surface area contributed by atoms with Crippen LogP contribution in [0.15, 0.2) is 24.3 Å². The molecule has 0 saturated carbocycles. The number of benzene rings is 1. The number of rotatable bonds is 5. The Kier molecular flexibility index (Phi) is 3.54. The summed E-state index contributed by atoms with van der Waals surface area (Å²) in [4.78, 5) is 10.8. The average Bonchev–Trinajstić information content (AvgIpc) is 2.33. The maximum absolute atomic E-state index is 10.8. The molecular weight excluding hydrogens is 234 g/mol. The Morgan fingerprint density at radius 2 is 2.33 bits per heavy atom. The number of carboxylic acid groups (broad SMARTS) is 1. The Bertz CT molecular complexity index is 442. The van der Waals surface area contributed by atoms with E-state index in [1.165, 1.54) is 0 Å². The second kappa shape index (κ2) is 4.96. The summed E-state index contributed by atoms with van der Waals surface area (Å²) in [7, 11) is 0. The van der Waals surface area contributed by atoms with Crippen molar-refractivity contribution in [1.29, 1.82) is 0 Å². The summed E-state index contributed by atoms with van der Waals surface area (Å²) in [5.74, 6) is -0.413. The Morgan fingerprint density at radius 3 is 2.89 bits per heavy atom. The molecule has 5 nitrogen and oxygen atoms in total. The minimum absolute atomic E-state index is 0.0604. The Morgan fingerprint density at radius 1 is 1.61 bits per heavy atom. The van der Waals surface area contributed by atoms with E-state index in [0.29, 0.717) is 31.1 Å². The van der Waals surface area contributed by atoms with Crippen LogP contribution < -0.4 is 10.5 Å². The van der Waals surface area contributed by atoms with Crippen LogP contribution >= 0.6 is 0 Å². The third kappa shape index (κ3) is 2.80. The van der Waals surface area contributed by atoms with Crippen molar-refractivity contribution >= 4 is 5.97 Å². The second-order valence-corrected chi connectivity index (χ2v) is 4.98. The van der Waals surface area contributed by atoms with Crippen LogP contribution in [0, 0.1) is 5.41 Å². The summed E-state index contributed by atoms with van der Waals surface area (Å²) in [6.45, 7) is 4.03. The highest BCUT2D eigenvalue weighted by molar-refractivity contribution is 5.75. The molecule has 1 aliphatic heterocycles. The molecule has 1 aliphatic rings. The minimum atomic E-state index is -1.05. The summed E-state index contributed by atoms with van der Waals surface area (Å²) >= 11 is 0. The van der Waals surface area contributed by atoms with E-state index in [1.54, 1.807) is 24.3 Å². The van der Waals surface area contributed by atoms with Gasteiger partial charge >= 0.3 is 5.97 Å². The summed E-state index contributed by atoms with van der Waals surface area (Å²) in [5.41, 5.74) is 6.15. The van der Waals surface area contributed by atoms with Crippen molar-refractivity contribution in [2.24, 2.45) is 11.1 Å². The molecule has 1 saturated heterocycles. The topological polar surface area (TPSA) is 81.8 Å². The summed E-state index contributed by atoms with van der Waals surface area (Å²) in [5, 5.41) is 8.85. The van der Waals surface area contributed by atoms with Gasteiger partial charge in [-0.05, 0) is 17.7 Å². The lowest BCUT2D eigenvalue weighted by Gasteiger charge is -2.37. The fourth-order valence-electron chi connectivity index (χ4n) is 1.73. The number of nitrogens with two attached hydrogens (primary N) is 1. The molecule has 1 aromatic carbocycles. The number of aliphatic carboxylic acids is 1. The molecule has 1 heterocycles. The van der Waals surface area contributed by atoms with Gasteiger partial charge in [0.15, 0.2) is 0 Å². The fraction of sp³-hybridized carbons (Fsp3) is 0.462. The molecule has 0 spiro atoms. The van der Waals surface area contributed by atoms with Gasteiger partial charge in [-0.2, -0.15) is 0 Å². The molecule has 0 aliphatic carbocycles. The van der Waals surface area contributed by atoms with Gasteiger partial charge in [-0.3, -0.25) is 4.79 Å². The van der Waals surface area contributed by atoms with Crippen molar-refractivity contribution in [3.8, 4) is 5.75 Å². The molecule has 1 fully saturated rings. The molecule has 0 amide bonds. The maximum atomic E-state index is 10.8. The lowest BCUT2D eigenvalue weighted by Crippen LogP contribution is -2.44. The van der Waals surface area contributed by atoms with Gasteiger partial charge in [0.2, 0.25) is 0 Å². The molecule has 0 aromatic heterocycles. The first-order valence-electron chi connectivity index (χ1n) is 5.79. The van der Waals surface area contributed by atoms with Gasteiger partial charge in [0, 0.05) is 5.41 Å². The van der Waals surface area contributed by atoms with Crippen molar-refractivity contribution in [2.45, 2.75) is 13.0 Å². The summed E-state index contributed by atoms with van der Waals surface area (Å²) in [6, 6.07) is 5.87. The first-order valence-corrected chi connectivity index (χ1v) is 5.79. The molecule has 18 heavy (non-hydrogen) atoms. The molecule has 3 N–H and O–H groups in total. The van der Waals surface area contributed by atoms with Crippen LogP contribution in [0.4, 0.5) is 0 Å². The molecule has 0 radical (unpaired) electrons. The van der Waals surface area contributed by atoms with Gasteiger partial charge < -0.3 is 20.3 Å². The van der Waals surface area contributed by atoms with E-state index in [2.05, 4.69) is 6.92 Å². The number of hydrogen-bond donors (Lipinski definition) is 2. The van der Waals surface area contributed by atoms with Crippen molar-refractivity contribution in [3.05, 3.63) is 29.8 Å². The zero-order valence-electron chi connectivity index (χ0n) is 10.3. The van der Waals surface area contributed by atoms with Crippen LogP contribution in [0.5, 0.6) is 5.75 Å². The maximum Gasteiger partial charge on any atom is 0.325 e. The Balaban J connectivity index is 2.00. The lowest BCUT2D eigenvalue weighted by atomic mass is 9.90. The van der Waals surface area contributed by atoms with E-state index in [0.717, 1.165) is 0 Å². The van der Waals surface area contributed by atoms with Gasteiger partial charge in [0.1, 0.15) is 11.8 Å².